The molecule has 37 heavy (non-hydrogen) atoms. The Bertz CT molecular complexity index is 1300. The zero-order valence-electron chi connectivity index (χ0n) is 22.8. The minimum Gasteiger partial charge on any atom is -0.370 e. The lowest BCUT2D eigenvalue weighted by Crippen LogP contribution is -2.36. The number of allylic oxidation sites excluding steroid dienone is 2. The molecule has 2 nitrogen and oxygen atoms in total. The maximum atomic E-state index is 10.4. The lowest BCUT2D eigenvalue weighted by molar-refractivity contribution is 0.403. The van der Waals surface area contributed by atoms with Crippen LogP contribution < -0.4 is 4.90 Å². The van der Waals surface area contributed by atoms with Gasteiger partial charge in [-0.2, -0.15) is 5.26 Å². The average Bonchev–Trinajstić information content (AvgIpc) is 2.92. The smallest absolute Gasteiger partial charge is 0.101 e. The fourth-order valence-electron chi connectivity index (χ4n) is 6.48. The van der Waals surface area contributed by atoms with Gasteiger partial charge in [0.1, 0.15) is 6.07 Å². The van der Waals surface area contributed by atoms with Crippen LogP contribution in [0.3, 0.4) is 0 Å². The summed E-state index contributed by atoms with van der Waals surface area (Å²) in [5, 5.41) is 10.4. The topological polar surface area (TPSA) is 27.0 Å². The summed E-state index contributed by atoms with van der Waals surface area (Å²) in [5.41, 5.74) is 12.0. The van der Waals surface area contributed by atoms with Crippen molar-refractivity contribution in [3.63, 3.8) is 0 Å². The highest BCUT2D eigenvalue weighted by atomic mass is 15.1. The molecule has 3 aromatic carbocycles. The highest BCUT2D eigenvalue weighted by Crippen LogP contribution is 2.46. The molecule has 5 rings (SSSR count). The predicted molar refractivity (Wildman–Crippen MR) is 156 cm³/mol. The van der Waals surface area contributed by atoms with E-state index in [1.807, 2.05) is 0 Å². The maximum Gasteiger partial charge on any atom is 0.101 e. The van der Waals surface area contributed by atoms with Crippen LogP contribution in [-0.4, -0.2) is 13.1 Å². The molecule has 2 heteroatoms. The monoisotopic (exact) mass is 488 g/mol. The summed E-state index contributed by atoms with van der Waals surface area (Å²) in [4.78, 5) is 2.55. The van der Waals surface area contributed by atoms with Gasteiger partial charge < -0.3 is 4.90 Å². The zero-order chi connectivity index (χ0) is 25.8. The summed E-state index contributed by atoms with van der Waals surface area (Å²) in [7, 11) is 0. The van der Waals surface area contributed by atoms with E-state index in [-0.39, 0.29) is 0 Å². The van der Waals surface area contributed by atoms with Gasteiger partial charge in [-0.15, -0.1) is 0 Å². The molecule has 2 aliphatic rings. The molecule has 1 fully saturated rings. The van der Waals surface area contributed by atoms with Crippen LogP contribution in [0.25, 0.3) is 11.1 Å². The Morgan fingerprint density at radius 1 is 1.03 bits per heavy atom. The molecule has 0 saturated carbocycles. The van der Waals surface area contributed by atoms with E-state index in [1.54, 1.807) is 0 Å². The van der Waals surface area contributed by atoms with Crippen molar-refractivity contribution in [3.05, 3.63) is 100 Å². The van der Waals surface area contributed by atoms with Crippen LogP contribution in [-0.2, 0) is 19.3 Å². The molecule has 1 heterocycles. The molecular weight excluding hydrogens is 448 g/mol. The molecule has 1 saturated heterocycles. The summed E-state index contributed by atoms with van der Waals surface area (Å²) in [5.74, 6) is 1.13. The number of aryl methyl sites for hydroxylation is 1. The molecule has 0 spiro atoms. The Morgan fingerprint density at radius 2 is 1.76 bits per heavy atom. The van der Waals surface area contributed by atoms with Crippen LogP contribution in [0.5, 0.6) is 0 Å². The third-order valence-corrected chi connectivity index (χ3v) is 8.46. The average molecular weight is 489 g/mol. The quantitative estimate of drug-likeness (QED) is 0.311. The zero-order valence-corrected chi connectivity index (χ0v) is 22.8. The van der Waals surface area contributed by atoms with Crippen LogP contribution in [0.2, 0.25) is 0 Å². The van der Waals surface area contributed by atoms with Gasteiger partial charge in [0.25, 0.3) is 0 Å². The molecule has 0 radical (unpaired) electrons. The molecule has 3 aromatic rings. The minimum absolute atomic E-state index is 0.410. The molecule has 0 bridgehead atoms. The van der Waals surface area contributed by atoms with Crippen molar-refractivity contribution in [1.82, 2.24) is 0 Å². The van der Waals surface area contributed by atoms with Crippen molar-refractivity contribution in [2.75, 3.05) is 18.0 Å². The van der Waals surface area contributed by atoms with Crippen molar-refractivity contribution in [3.8, 4) is 17.2 Å². The van der Waals surface area contributed by atoms with E-state index in [0.717, 1.165) is 56.7 Å². The number of nitriles is 1. The first-order valence-corrected chi connectivity index (χ1v) is 14.2. The fraction of sp³-hybridized carbons (Fsp3) is 0.400. The SMILES string of the molecule is CC(C)=CCC[C@H](C)c1cc(C#N)c(N2CCC(Cc3ccccc3)CC2)c2c1-c1ccccc1CC2. The van der Waals surface area contributed by atoms with Crippen molar-refractivity contribution >= 4 is 5.69 Å². The standard InChI is InChI=1S/C35H40N2/c1-25(2)10-9-11-26(3)33-23-30(24-36)35(32-17-16-29-14-7-8-15-31(29)34(32)33)37-20-18-28(19-21-37)22-27-12-5-4-6-13-27/h4-8,10,12-15,23,26,28H,9,11,16-22H2,1-3H3/t26-/m0/s1. The van der Waals surface area contributed by atoms with Gasteiger partial charge >= 0.3 is 0 Å². The van der Waals surface area contributed by atoms with Crippen molar-refractivity contribution in [2.24, 2.45) is 5.92 Å². The highest BCUT2D eigenvalue weighted by Gasteiger charge is 2.30. The van der Waals surface area contributed by atoms with E-state index in [4.69, 9.17) is 0 Å². The maximum absolute atomic E-state index is 10.4. The van der Waals surface area contributed by atoms with Gasteiger partial charge in [0.2, 0.25) is 0 Å². The highest BCUT2D eigenvalue weighted by molar-refractivity contribution is 5.85. The van der Waals surface area contributed by atoms with Gasteiger partial charge in [-0.1, -0.05) is 73.2 Å². The molecule has 0 amide bonds. The second-order valence-electron chi connectivity index (χ2n) is 11.4. The van der Waals surface area contributed by atoms with E-state index in [2.05, 4.69) is 98.5 Å². The summed E-state index contributed by atoms with van der Waals surface area (Å²) < 4.78 is 0. The molecule has 1 aliphatic carbocycles. The molecule has 0 aromatic heterocycles. The van der Waals surface area contributed by atoms with Gasteiger partial charge in [-0.05, 0) is 110 Å². The Labute approximate surface area is 223 Å². The first kappa shape index (κ1) is 25.3. The fourth-order valence-corrected chi connectivity index (χ4v) is 6.48. The van der Waals surface area contributed by atoms with E-state index in [0.29, 0.717) is 5.92 Å². The van der Waals surface area contributed by atoms with Crippen molar-refractivity contribution < 1.29 is 0 Å². The first-order chi connectivity index (χ1) is 18.0. The lowest BCUT2D eigenvalue weighted by atomic mass is 9.77. The third kappa shape index (κ3) is 5.52. The van der Waals surface area contributed by atoms with Gasteiger partial charge in [-0.25, -0.2) is 0 Å². The number of hydrogen-bond donors (Lipinski definition) is 0. The number of nitrogens with zero attached hydrogens (tertiary/aromatic N) is 2. The Balaban J connectivity index is 1.49. The van der Waals surface area contributed by atoms with Crippen LogP contribution in [0, 0.1) is 17.2 Å². The van der Waals surface area contributed by atoms with E-state index < -0.39 is 0 Å². The number of benzene rings is 3. The second kappa shape index (κ2) is 11.4. The molecule has 1 aliphatic heterocycles. The predicted octanol–water partition coefficient (Wildman–Crippen LogP) is 8.63. The van der Waals surface area contributed by atoms with Gasteiger partial charge in [0.15, 0.2) is 0 Å². The van der Waals surface area contributed by atoms with Gasteiger partial charge in [0.05, 0.1) is 11.3 Å². The number of rotatable bonds is 7. The van der Waals surface area contributed by atoms with Crippen LogP contribution in [0.1, 0.15) is 80.2 Å². The normalized spacial score (nSPS) is 15.9. The van der Waals surface area contributed by atoms with Crippen molar-refractivity contribution in [2.45, 2.75) is 71.6 Å². The summed E-state index contributed by atoms with van der Waals surface area (Å²) in [6, 6.07) is 24.7. The third-order valence-electron chi connectivity index (χ3n) is 8.46. The molecule has 1 atom stereocenters. The Kier molecular flexibility index (Phi) is 7.80. The minimum atomic E-state index is 0.410. The molecular formula is C35H40N2. The van der Waals surface area contributed by atoms with Gasteiger partial charge in [0, 0.05) is 13.1 Å². The van der Waals surface area contributed by atoms with Crippen LogP contribution >= 0.6 is 0 Å². The van der Waals surface area contributed by atoms with Crippen LogP contribution in [0.4, 0.5) is 5.69 Å². The first-order valence-electron chi connectivity index (χ1n) is 14.2. The van der Waals surface area contributed by atoms with Crippen LogP contribution in [0.15, 0.2) is 72.3 Å². The summed E-state index contributed by atoms with van der Waals surface area (Å²) in [6.45, 7) is 8.77. The largest absolute Gasteiger partial charge is 0.370 e. The molecule has 0 unspecified atom stereocenters. The number of anilines is 1. The number of fused-ring (bicyclic) bond motifs is 3. The number of piperidine rings is 1. The van der Waals surface area contributed by atoms with Crippen molar-refractivity contribution in [1.29, 1.82) is 5.26 Å². The Hall–Kier alpha value is -3.31. The summed E-state index contributed by atoms with van der Waals surface area (Å²) >= 11 is 0. The van der Waals surface area contributed by atoms with E-state index >= 15 is 0 Å². The van der Waals surface area contributed by atoms with Gasteiger partial charge in [-0.3, -0.25) is 0 Å². The summed E-state index contributed by atoms with van der Waals surface area (Å²) in [6.07, 6.45) is 10.1. The second-order valence-corrected chi connectivity index (χ2v) is 11.4. The van der Waals surface area contributed by atoms with E-state index in [9.17, 15) is 5.26 Å². The number of hydrogen-bond acceptors (Lipinski definition) is 2. The molecule has 0 N–H and O–H groups in total. The lowest BCUT2D eigenvalue weighted by Gasteiger charge is -2.38. The molecule has 190 valence electrons. The Morgan fingerprint density at radius 3 is 2.49 bits per heavy atom. The van der Waals surface area contributed by atoms with E-state index in [1.165, 1.54) is 57.5 Å².